The lowest BCUT2D eigenvalue weighted by Gasteiger charge is -2.17. The molecule has 5 heteroatoms. The van der Waals surface area contributed by atoms with Gasteiger partial charge in [-0.2, -0.15) is 0 Å². The van der Waals surface area contributed by atoms with Crippen LogP contribution in [0.15, 0.2) is 24.3 Å². The summed E-state index contributed by atoms with van der Waals surface area (Å²) in [6.07, 6.45) is 40.1. The van der Waals surface area contributed by atoms with Gasteiger partial charge in [0, 0.05) is 18.2 Å². The van der Waals surface area contributed by atoms with Crippen molar-refractivity contribution in [3.8, 4) is 0 Å². The van der Waals surface area contributed by atoms with Gasteiger partial charge in [0.05, 0.1) is 0 Å². The highest BCUT2D eigenvalue weighted by molar-refractivity contribution is 9.09. The molecule has 0 N–H and O–H groups in total. The third kappa shape index (κ3) is 33.8. The van der Waals surface area contributed by atoms with Crippen LogP contribution >= 0.6 is 15.9 Å². The molecule has 0 fully saturated rings. The summed E-state index contributed by atoms with van der Waals surface area (Å²) in [4.78, 5) is 23.9. The number of halogens is 1. The summed E-state index contributed by atoms with van der Waals surface area (Å²) < 4.78 is 10.7. The molecule has 0 amide bonds. The van der Waals surface area contributed by atoms with Crippen molar-refractivity contribution in [3.63, 3.8) is 0 Å². The van der Waals surface area contributed by atoms with Crippen molar-refractivity contribution in [2.45, 2.75) is 187 Å². The van der Waals surface area contributed by atoms with Crippen molar-refractivity contribution >= 4 is 27.9 Å². The summed E-state index contributed by atoms with van der Waals surface area (Å²) in [5.74, 6) is 0.741. The van der Waals surface area contributed by atoms with Gasteiger partial charge in [0.1, 0.15) is 13.2 Å². The lowest BCUT2D eigenvalue weighted by Crippen LogP contribution is -2.04. The molecule has 0 saturated carbocycles. The molecule has 0 atom stereocenters. The van der Waals surface area contributed by atoms with E-state index in [0.717, 1.165) is 49.8 Å². The average molecular weight is 684 g/mol. The number of rotatable bonds is 34. The van der Waals surface area contributed by atoms with Crippen LogP contribution in [0.3, 0.4) is 0 Å². The van der Waals surface area contributed by atoms with E-state index < -0.39 is 0 Å². The van der Waals surface area contributed by atoms with Gasteiger partial charge in [-0.25, -0.2) is 0 Å². The molecule has 0 aromatic carbocycles. The molecule has 258 valence electrons. The van der Waals surface area contributed by atoms with E-state index in [0.29, 0.717) is 26.1 Å². The first-order valence-electron chi connectivity index (χ1n) is 18.8. The average Bonchev–Trinajstić information content (AvgIpc) is 3.02. The fraction of sp³-hybridized carbons (Fsp3) is 0.846. The Labute approximate surface area is 282 Å². The van der Waals surface area contributed by atoms with Crippen LogP contribution in [-0.4, -0.2) is 30.5 Å². The Kier molecular flexibility index (Phi) is 35.5. The Bertz CT molecular complexity index is 623. The van der Waals surface area contributed by atoms with Crippen molar-refractivity contribution in [1.29, 1.82) is 0 Å². The standard InChI is InChI=1S/C39H71BrO4/c1-3-5-7-9-11-19-27-35-43-38(41)32-23-17-13-15-21-29-37(31-25-26-34-40)30-22-16-14-18-24-33-39(42)44-36-28-20-12-10-8-6-4-2/h19-20,27-28,37H,3-18,21-26,29-36H2,1-2H3/b27-19+,28-20+. The van der Waals surface area contributed by atoms with Crippen LogP contribution in [0.4, 0.5) is 0 Å². The number of carbonyl (C=O) groups excluding carboxylic acids is 2. The summed E-state index contributed by atoms with van der Waals surface area (Å²) in [7, 11) is 0. The largest absolute Gasteiger partial charge is 0.461 e. The summed E-state index contributed by atoms with van der Waals surface area (Å²) >= 11 is 3.59. The predicted molar refractivity (Wildman–Crippen MR) is 193 cm³/mol. The molecular formula is C39H71BrO4. The number of ether oxygens (including phenoxy) is 2. The molecule has 0 unspecified atom stereocenters. The summed E-state index contributed by atoms with van der Waals surface area (Å²) in [5.41, 5.74) is 0. The summed E-state index contributed by atoms with van der Waals surface area (Å²) in [6, 6.07) is 0. The predicted octanol–water partition coefficient (Wildman–Crippen LogP) is 12.8. The Hall–Kier alpha value is -1.10. The van der Waals surface area contributed by atoms with Gasteiger partial charge in [-0.3, -0.25) is 9.59 Å². The number of hydrogen-bond donors (Lipinski definition) is 0. The van der Waals surface area contributed by atoms with Gasteiger partial charge in [0.25, 0.3) is 0 Å². The SMILES string of the molecule is CCCCCC/C=C/COC(=O)CCCCCCCC(CCCCBr)CCCCCCCC(=O)OC/C=C/CCCCCC. The molecule has 0 aromatic rings. The number of unbranched alkanes of at least 4 members (excludes halogenated alkanes) is 17. The lowest BCUT2D eigenvalue weighted by molar-refractivity contribution is -0.143. The Morgan fingerprint density at radius 1 is 0.500 bits per heavy atom. The maximum Gasteiger partial charge on any atom is 0.306 e. The molecule has 4 nitrogen and oxygen atoms in total. The zero-order valence-electron chi connectivity index (χ0n) is 29.1. The summed E-state index contributed by atoms with van der Waals surface area (Å²) in [6.45, 7) is 5.31. The third-order valence-electron chi connectivity index (χ3n) is 8.45. The molecule has 0 aromatic heterocycles. The van der Waals surface area contributed by atoms with Gasteiger partial charge >= 0.3 is 11.9 Å². The zero-order valence-corrected chi connectivity index (χ0v) is 30.7. The third-order valence-corrected chi connectivity index (χ3v) is 9.01. The highest BCUT2D eigenvalue weighted by Crippen LogP contribution is 2.24. The van der Waals surface area contributed by atoms with E-state index in [2.05, 4.69) is 41.9 Å². The van der Waals surface area contributed by atoms with E-state index in [-0.39, 0.29) is 11.9 Å². The second-order valence-electron chi connectivity index (χ2n) is 12.7. The quantitative estimate of drug-likeness (QED) is 0.0293. The van der Waals surface area contributed by atoms with Crippen LogP contribution in [0.1, 0.15) is 187 Å². The molecule has 0 rings (SSSR count). The molecule has 0 aliphatic carbocycles. The molecule has 0 aliphatic rings. The van der Waals surface area contributed by atoms with Gasteiger partial charge in [0.2, 0.25) is 0 Å². The second-order valence-corrected chi connectivity index (χ2v) is 13.5. The normalized spacial score (nSPS) is 11.7. The first-order chi connectivity index (χ1) is 21.6. The van der Waals surface area contributed by atoms with Crippen molar-refractivity contribution in [1.82, 2.24) is 0 Å². The minimum Gasteiger partial charge on any atom is -0.461 e. The van der Waals surface area contributed by atoms with Crippen LogP contribution < -0.4 is 0 Å². The molecule has 44 heavy (non-hydrogen) atoms. The molecule has 0 heterocycles. The smallest absolute Gasteiger partial charge is 0.306 e. The first-order valence-corrected chi connectivity index (χ1v) is 19.9. The molecule has 0 saturated heterocycles. The Balaban J connectivity index is 3.79. The van der Waals surface area contributed by atoms with Gasteiger partial charge in [-0.15, -0.1) is 0 Å². The van der Waals surface area contributed by atoms with Crippen LogP contribution in [0, 0.1) is 5.92 Å². The first kappa shape index (κ1) is 42.9. The topological polar surface area (TPSA) is 52.6 Å². The fourth-order valence-corrected chi connectivity index (χ4v) is 6.00. The van der Waals surface area contributed by atoms with Crippen LogP contribution in [-0.2, 0) is 19.1 Å². The van der Waals surface area contributed by atoms with E-state index in [9.17, 15) is 9.59 Å². The molecule has 0 radical (unpaired) electrons. The zero-order chi connectivity index (χ0) is 32.2. The van der Waals surface area contributed by atoms with Gasteiger partial charge in [-0.05, 0) is 50.9 Å². The van der Waals surface area contributed by atoms with Gasteiger partial charge in [0.15, 0.2) is 0 Å². The highest BCUT2D eigenvalue weighted by atomic mass is 79.9. The van der Waals surface area contributed by atoms with Crippen molar-refractivity contribution < 1.29 is 19.1 Å². The van der Waals surface area contributed by atoms with E-state index in [4.69, 9.17) is 9.47 Å². The number of allylic oxidation sites excluding steroid dienone is 2. The second kappa shape index (κ2) is 36.4. The van der Waals surface area contributed by atoms with Crippen LogP contribution in [0.5, 0.6) is 0 Å². The number of carbonyl (C=O) groups is 2. The maximum atomic E-state index is 11.9. The van der Waals surface area contributed by atoms with Crippen molar-refractivity contribution in [3.05, 3.63) is 24.3 Å². The summed E-state index contributed by atoms with van der Waals surface area (Å²) in [5, 5.41) is 1.11. The van der Waals surface area contributed by atoms with E-state index in [1.807, 2.05) is 12.2 Å². The van der Waals surface area contributed by atoms with E-state index >= 15 is 0 Å². The van der Waals surface area contributed by atoms with Gasteiger partial charge < -0.3 is 9.47 Å². The van der Waals surface area contributed by atoms with Gasteiger partial charge in [-0.1, -0.05) is 170 Å². The minimum atomic E-state index is -0.0522. The van der Waals surface area contributed by atoms with Crippen molar-refractivity contribution in [2.24, 2.45) is 5.92 Å². The van der Waals surface area contributed by atoms with Crippen LogP contribution in [0.25, 0.3) is 0 Å². The monoisotopic (exact) mass is 682 g/mol. The molecule has 0 aliphatic heterocycles. The maximum absolute atomic E-state index is 11.9. The van der Waals surface area contributed by atoms with E-state index in [1.165, 1.54) is 122 Å². The Morgan fingerprint density at radius 3 is 1.32 bits per heavy atom. The van der Waals surface area contributed by atoms with Crippen molar-refractivity contribution in [2.75, 3.05) is 18.5 Å². The Morgan fingerprint density at radius 2 is 0.886 bits per heavy atom. The fourth-order valence-electron chi connectivity index (χ4n) is 5.60. The minimum absolute atomic E-state index is 0.0522. The number of alkyl halides is 1. The highest BCUT2D eigenvalue weighted by Gasteiger charge is 2.09. The lowest BCUT2D eigenvalue weighted by atomic mass is 9.90. The number of esters is 2. The molecule has 0 spiro atoms. The van der Waals surface area contributed by atoms with Crippen LogP contribution in [0.2, 0.25) is 0 Å². The molecule has 0 bridgehead atoms. The van der Waals surface area contributed by atoms with E-state index in [1.54, 1.807) is 0 Å². The number of hydrogen-bond acceptors (Lipinski definition) is 4. The molecular weight excluding hydrogens is 612 g/mol.